The molecule has 2 nitrogen and oxygen atoms in total. The third kappa shape index (κ3) is 3.26. The van der Waals surface area contributed by atoms with Gasteiger partial charge < -0.3 is 9.84 Å². The molecule has 96 valence electrons. The lowest BCUT2D eigenvalue weighted by molar-refractivity contribution is 0.199. The monoisotopic (exact) mass is 346 g/mol. The van der Waals surface area contributed by atoms with Gasteiger partial charge in [0, 0.05) is 4.47 Å². The lowest BCUT2D eigenvalue weighted by Gasteiger charge is -2.10. The van der Waals surface area contributed by atoms with Crippen LogP contribution in [0, 0.1) is 0 Å². The molecule has 0 aliphatic heterocycles. The number of hydrogen-bond acceptors (Lipinski definition) is 3. The Morgan fingerprint density at radius 1 is 1.44 bits per heavy atom. The van der Waals surface area contributed by atoms with Gasteiger partial charge in [0.1, 0.15) is 12.4 Å². The van der Waals surface area contributed by atoms with Gasteiger partial charge >= 0.3 is 0 Å². The van der Waals surface area contributed by atoms with Crippen LogP contribution in [-0.4, -0.2) is 5.11 Å². The van der Waals surface area contributed by atoms with Crippen molar-refractivity contribution in [2.75, 3.05) is 0 Å². The standard InChI is InChI=1S/C13H12BrClO2S/c1-8(16)9-2-3-12(11(15)6-9)17-7-13-10(14)4-5-18-13/h2-6,8,16H,7H2,1H3/t8-/m0/s1. The second-order valence-electron chi connectivity index (χ2n) is 3.85. The Balaban J connectivity index is 2.08. The van der Waals surface area contributed by atoms with Crippen LogP contribution in [0.15, 0.2) is 34.1 Å². The topological polar surface area (TPSA) is 29.5 Å². The van der Waals surface area contributed by atoms with Crippen LogP contribution < -0.4 is 4.74 Å². The van der Waals surface area contributed by atoms with E-state index >= 15 is 0 Å². The Hall–Kier alpha value is -0.550. The smallest absolute Gasteiger partial charge is 0.138 e. The minimum atomic E-state index is -0.525. The van der Waals surface area contributed by atoms with Crippen molar-refractivity contribution in [2.45, 2.75) is 19.6 Å². The molecule has 0 fully saturated rings. The summed E-state index contributed by atoms with van der Waals surface area (Å²) in [7, 11) is 0. The molecule has 0 radical (unpaired) electrons. The number of aliphatic hydroxyl groups is 1. The summed E-state index contributed by atoms with van der Waals surface area (Å²) in [6.07, 6.45) is -0.525. The average molecular weight is 348 g/mol. The number of aliphatic hydroxyl groups excluding tert-OH is 1. The molecule has 1 aromatic heterocycles. The van der Waals surface area contributed by atoms with Gasteiger partial charge in [-0.15, -0.1) is 11.3 Å². The van der Waals surface area contributed by atoms with Crippen molar-refractivity contribution >= 4 is 38.9 Å². The molecule has 0 bridgehead atoms. The summed E-state index contributed by atoms with van der Waals surface area (Å²) in [5.41, 5.74) is 0.782. The van der Waals surface area contributed by atoms with Crippen molar-refractivity contribution < 1.29 is 9.84 Å². The normalized spacial score (nSPS) is 12.4. The molecule has 0 unspecified atom stereocenters. The van der Waals surface area contributed by atoms with Crippen molar-refractivity contribution in [3.05, 3.63) is 49.6 Å². The van der Waals surface area contributed by atoms with Crippen LogP contribution in [0.5, 0.6) is 5.75 Å². The molecule has 0 aliphatic rings. The maximum atomic E-state index is 9.45. The number of benzene rings is 1. The minimum Gasteiger partial charge on any atom is -0.486 e. The van der Waals surface area contributed by atoms with E-state index in [9.17, 15) is 5.11 Å². The van der Waals surface area contributed by atoms with Gasteiger partial charge in [-0.05, 0) is 52.0 Å². The molecule has 2 rings (SSSR count). The number of halogens is 2. The van der Waals surface area contributed by atoms with E-state index in [4.69, 9.17) is 16.3 Å². The highest BCUT2D eigenvalue weighted by atomic mass is 79.9. The zero-order chi connectivity index (χ0) is 13.1. The predicted octanol–water partition coefficient (Wildman–Crippen LogP) is 4.80. The van der Waals surface area contributed by atoms with Gasteiger partial charge in [0.2, 0.25) is 0 Å². The van der Waals surface area contributed by atoms with E-state index in [0.29, 0.717) is 17.4 Å². The molecular weight excluding hydrogens is 336 g/mol. The predicted molar refractivity (Wildman–Crippen MR) is 78.4 cm³/mol. The first-order chi connectivity index (χ1) is 8.58. The zero-order valence-electron chi connectivity index (χ0n) is 9.69. The van der Waals surface area contributed by atoms with Gasteiger partial charge in [0.25, 0.3) is 0 Å². The summed E-state index contributed by atoms with van der Waals surface area (Å²) < 4.78 is 6.71. The largest absolute Gasteiger partial charge is 0.486 e. The van der Waals surface area contributed by atoms with Crippen molar-refractivity contribution in [2.24, 2.45) is 0 Å². The fourth-order valence-electron chi connectivity index (χ4n) is 1.47. The quantitative estimate of drug-likeness (QED) is 0.861. The van der Waals surface area contributed by atoms with E-state index in [0.717, 1.165) is 14.9 Å². The van der Waals surface area contributed by atoms with Gasteiger partial charge in [-0.25, -0.2) is 0 Å². The first-order valence-corrected chi connectivity index (χ1v) is 7.45. The average Bonchev–Trinajstić information content (AvgIpc) is 2.73. The molecule has 1 aromatic carbocycles. The molecule has 0 aliphatic carbocycles. The van der Waals surface area contributed by atoms with E-state index in [1.165, 1.54) is 0 Å². The van der Waals surface area contributed by atoms with Crippen LogP contribution in [0.1, 0.15) is 23.5 Å². The molecule has 18 heavy (non-hydrogen) atoms. The highest BCUT2D eigenvalue weighted by molar-refractivity contribution is 9.10. The second kappa shape index (κ2) is 6.06. The summed E-state index contributed by atoms with van der Waals surface area (Å²) in [6, 6.07) is 7.31. The van der Waals surface area contributed by atoms with Gasteiger partial charge in [-0.2, -0.15) is 0 Å². The van der Waals surface area contributed by atoms with Crippen molar-refractivity contribution in [1.29, 1.82) is 0 Å². The van der Waals surface area contributed by atoms with Crippen molar-refractivity contribution in [3.63, 3.8) is 0 Å². The molecule has 2 aromatic rings. The molecule has 0 amide bonds. The lowest BCUT2D eigenvalue weighted by atomic mass is 10.1. The Morgan fingerprint density at radius 3 is 2.78 bits per heavy atom. The van der Waals surface area contributed by atoms with Crippen LogP contribution in [0.4, 0.5) is 0 Å². The Kier molecular flexibility index (Phi) is 4.67. The van der Waals surface area contributed by atoms with Gasteiger partial charge in [0.05, 0.1) is 16.0 Å². The first kappa shape index (κ1) is 13.9. The van der Waals surface area contributed by atoms with E-state index < -0.39 is 6.10 Å². The van der Waals surface area contributed by atoms with Crippen molar-refractivity contribution in [1.82, 2.24) is 0 Å². The maximum absolute atomic E-state index is 9.45. The van der Waals surface area contributed by atoms with Crippen LogP contribution in [0.2, 0.25) is 5.02 Å². The van der Waals surface area contributed by atoms with Crippen molar-refractivity contribution in [3.8, 4) is 5.75 Å². The first-order valence-electron chi connectivity index (χ1n) is 5.40. The van der Waals surface area contributed by atoms with Crippen LogP contribution >= 0.6 is 38.9 Å². The summed E-state index contributed by atoms with van der Waals surface area (Å²) >= 11 is 11.2. The second-order valence-corrected chi connectivity index (χ2v) is 6.11. The summed E-state index contributed by atoms with van der Waals surface area (Å²) in [5.74, 6) is 0.626. The summed E-state index contributed by atoms with van der Waals surface area (Å²) in [4.78, 5) is 1.12. The highest BCUT2D eigenvalue weighted by Gasteiger charge is 2.08. The Labute approximate surface area is 123 Å². The van der Waals surface area contributed by atoms with Crippen LogP contribution in [0.3, 0.4) is 0 Å². The van der Waals surface area contributed by atoms with E-state index in [-0.39, 0.29) is 0 Å². The van der Waals surface area contributed by atoms with Gasteiger partial charge in [-0.1, -0.05) is 17.7 Å². The number of ether oxygens (including phenoxy) is 1. The van der Waals surface area contributed by atoms with Crippen LogP contribution in [-0.2, 0) is 6.61 Å². The maximum Gasteiger partial charge on any atom is 0.138 e. The summed E-state index contributed by atoms with van der Waals surface area (Å²) in [6.45, 7) is 2.18. The SMILES string of the molecule is C[C@H](O)c1ccc(OCc2sccc2Br)c(Cl)c1. The van der Waals surface area contributed by atoms with Gasteiger partial charge in [-0.3, -0.25) is 0 Å². The molecule has 0 spiro atoms. The lowest BCUT2D eigenvalue weighted by Crippen LogP contribution is -1.96. The van der Waals surface area contributed by atoms with Crippen LogP contribution in [0.25, 0.3) is 0 Å². The molecule has 1 N–H and O–H groups in total. The molecular formula is C13H12BrClO2S. The minimum absolute atomic E-state index is 0.478. The summed E-state index contributed by atoms with van der Waals surface area (Å²) in [5, 5.41) is 12.0. The number of rotatable bonds is 4. The van der Waals surface area contributed by atoms with E-state index in [1.54, 1.807) is 30.4 Å². The van der Waals surface area contributed by atoms with E-state index in [2.05, 4.69) is 15.9 Å². The van der Waals surface area contributed by atoms with E-state index in [1.807, 2.05) is 17.5 Å². The third-order valence-corrected chi connectivity index (χ3v) is 4.68. The number of hydrogen-bond donors (Lipinski definition) is 1. The fourth-order valence-corrected chi connectivity index (χ4v) is 3.09. The zero-order valence-corrected chi connectivity index (χ0v) is 12.8. The Bertz CT molecular complexity index is 540. The molecule has 1 atom stereocenters. The molecule has 0 saturated heterocycles. The fraction of sp³-hybridized carbons (Fsp3) is 0.231. The Morgan fingerprint density at radius 2 is 2.22 bits per heavy atom. The van der Waals surface area contributed by atoms with Gasteiger partial charge in [0.15, 0.2) is 0 Å². The molecule has 0 saturated carbocycles. The highest BCUT2D eigenvalue weighted by Crippen LogP contribution is 2.30. The molecule has 5 heteroatoms. The third-order valence-electron chi connectivity index (χ3n) is 2.49. The molecule has 1 heterocycles. The number of thiophene rings is 1.